The molecule has 1 aromatic rings. The Balaban J connectivity index is 1.82. The summed E-state index contributed by atoms with van der Waals surface area (Å²) in [6, 6.07) is 8.18. The second kappa shape index (κ2) is 6.01. The van der Waals surface area contributed by atoms with Gasteiger partial charge in [-0.1, -0.05) is 29.8 Å². The summed E-state index contributed by atoms with van der Waals surface area (Å²) in [6.07, 6.45) is 2.78. The van der Waals surface area contributed by atoms with Crippen molar-refractivity contribution < 1.29 is 9.53 Å². The predicted molar refractivity (Wildman–Crippen MR) is 71.5 cm³/mol. The molecule has 3 nitrogen and oxygen atoms in total. The molecule has 1 saturated heterocycles. The predicted octanol–water partition coefficient (Wildman–Crippen LogP) is 2.22. The van der Waals surface area contributed by atoms with Crippen LogP contribution in [0.25, 0.3) is 0 Å². The van der Waals surface area contributed by atoms with Crippen LogP contribution in [-0.2, 0) is 16.0 Å². The lowest BCUT2D eigenvalue weighted by molar-refractivity contribution is -0.121. The summed E-state index contributed by atoms with van der Waals surface area (Å²) in [6.45, 7) is 4.88. The molecule has 0 aliphatic carbocycles. The zero-order valence-electron chi connectivity index (χ0n) is 11.1. The van der Waals surface area contributed by atoms with Gasteiger partial charge in [-0.3, -0.25) is 4.79 Å². The van der Waals surface area contributed by atoms with Crippen molar-refractivity contribution in [3.8, 4) is 0 Å². The summed E-state index contributed by atoms with van der Waals surface area (Å²) in [5.41, 5.74) is 2.27. The Bertz CT molecular complexity index is 393. The molecule has 0 radical (unpaired) electrons. The second-order valence-electron chi connectivity index (χ2n) is 5.07. The van der Waals surface area contributed by atoms with Crippen molar-refractivity contribution in [1.29, 1.82) is 0 Å². The summed E-state index contributed by atoms with van der Waals surface area (Å²) in [4.78, 5) is 11.9. The van der Waals surface area contributed by atoms with Crippen molar-refractivity contribution in [3.63, 3.8) is 0 Å². The number of nitrogens with one attached hydrogen (secondary N) is 1. The largest absolute Gasteiger partial charge is 0.376 e. The summed E-state index contributed by atoms with van der Waals surface area (Å²) >= 11 is 0. The highest BCUT2D eigenvalue weighted by atomic mass is 16.5. The molecule has 0 bridgehead atoms. The summed E-state index contributed by atoms with van der Waals surface area (Å²) in [5, 5.41) is 3.02. The van der Waals surface area contributed by atoms with E-state index in [1.807, 2.05) is 38.1 Å². The first kappa shape index (κ1) is 13.1. The minimum absolute atomic E-state index is 0.0712. The minimum Gasteiger partial charge on any atom is -0.376 e. The summed E-state index contributed by atoms with van der Waals surface area (Å²) in [7, 11) is 0. The molecule has 2 atom stereocenters. The number of ether oxygens (including phenoxy) is 1. The van der Waals surface area contributed by atoms with Crippen LogP contribution in [0.2, 0.25) is 0 Å². The molecular weight excluding hydrogens is 226 g/mol. The van der Waals surface area contributed by atoms with Gasteiger partial charge in [0.1, 0.15) is 0 Å². The Kier molecular flexibility index (Phi) is 4.37. The Hall–Kier alpha value is -1.35. The van der Waals surface area contributed by atoms with E-state index in [1.54, 1.807) is 0 Å². The van der Waals surface area contributed by atoms with Gasteiger partial charge in [0.15, 0.2) is 0 Å². The maximum atomic E-state index is 11.9. The monoisotopic (exact) mass is 247 g/mol. The number of aryl methyl sites for hydroxylation is 1. The van der Waals surface area contributed by atoms with E-state index in [4.69, 9.17) is 4.74 Å². The maximum absolute atomic E-state index is 11.9. The Labute approximate surface area is 109 Å². The quantitative estimate of drug-likeness (QED) is 0.886. The van der Waals surface area contributed by atoms with Gasteiger partial charge in [-0.15, -0.1) is 0 Å². The summed E-state index contributed by atoms with van der Waals surface area (Å²) in [5.74, 6) is 0.0712. The number of hydrogen-bond acceptors (Lipinski definition) is 2. The molecule has 1 aliphatic rings. The van der Waals surface area contributed by atoms with Crippen molar-refractivity contribution in [2.75, 3.05) is 6.61 Å². The first-order valence-electron chi connectivity index (χ1n) is 6.61. The first-order valence-corrected chi connectivity index (χ1v) is 6.61. The van der Waals surface area contributed by atoms with E-state index in [9.17, 15) is 4.79 Å². The number of amides is 1. The fraction of sp³-hybridized carbons (Fsp3) is 0.533. The van der Waals surface area contributed by atoms with Crippen molar-refractivity contribution in [1.82, 2.24) is 5.32 Å². The van der Waals surface area contributed by atoms with E-state index < -0.39 is 0 Å². The van der Waals surface area contributed by atoms with Gasteiger partial charge in [-0.25, -0.2) is 0 Å². The smallest absolute Gasteiger partial charge is 0.224 e. The average molecular weight is 247 g/mol. The van der Waals surface area contributed by atoms with Gasteiger partial charge in [0, 0.05) is 6.61 Å². The van der Waals surface area contributed by atoms with Crippen LogP contribution in [0, 0.1) is 6.92 Å². The third kappa shape index (κ3) is 3.57. The van der Waals surface area contributed by atoms with E-state index in [0.717, 1.165) is 25.0 Å². The van der Waals surface area contributed by atoms with Gasteiger partial charge in [-0.2, -0.15) is 0 Å². The van der Waals surface area contributed by atoms with E-state index >= 15 is 0 Å². The third-order valence-electron chi connectivity index (χ3n) is 3.40. The number of carbonyl (C=O) groups excluding carboxylic acids is 1. The highest BCUT2D eigenvalue weighted by Gasteiger charge is 2.23. The number of carbonyl (C=O) groups is 1. The molecule has 1 heterocycles. The van der Waals surface area contributed by atoms with Crippen LogP contribution < -0.4 is 5.32 Å². The molecule has 0 unspecified atom stereocenters. The second-order valence-corrected chi connectivity index (χ2v) is 5.07. The van der Waals surface area contributed by atoms with Crippen LogP contribution in [0.4, 0.5) is 0 Å². The van der Waals surface area contributed by atoms with Gasteiger partial charge >= 0.3 is 0 Å². The Morgan fingerprint density at radius 3 is 2.78 bits per heavy atom. The molecular formula is C15H21NO2. The molecule has 98 valence electrons. The van der Waals surface area contributed by atoms with E-state index in [2.05, 4.69) is 5.32 Å². The summed E-state index contributed by atoms with van der Waals surface area (Å²) < 4.78 is 5.57. The highest BCUT2D eigenvalue weighted by Crippen LogP contribution is 2.15. The number of hydrogen-bond donors (Lipinski definition) is 1. The van der Waals surface area contributed by atoms with Crippen LogP contribution in [0.3, 0.4) is 0 Å². The zero-order valence-corrected chi connectivity index (χ0v) is 11.1. The normalized spacial score (nSPS) is 20.7. The topological polar surface area (TPSA) is 38.3 Å². The van der Waals surface area contributed by atoms with Gasteiger partial charge in [-0.05, 0) is 32.3 Å². The van der Waals surface area contributed by atoms with E-state index in [-0.39, 0.29) is 18.1 Å². The molecule has 0 spiro atoms. The lowest BCUT2D eigenvalue weighted by Gasteiger charge is -2.20. The van der Waals surface area contributed by atoms with E-state index in [1.165, 1.54) is 5.56 Å². The highest BCUT2D eigenvalue weighted by molar-refractivity contribution is 5.78. The molecule has 1 amide bonds. The molecule has 0 saturated carbocycles. The van der Waals surface area contributed by atoms with Gasteiger partial charge in [0.05, 0.1) is 18.6 Å². The van der Waals surface area contributed by atoms with Crippen molar-refractivity contribution in [2.45, 2.75) is 45.3 Å². The third-order valence-corrected chi connectivity index (χ3v) is 3.40. The van der Waals surface area contributed by atoms with Crippen molar-refractivity contribution in [2.24, 2.45) is 0 Å². The fourth-order valence-corrected chi connectivity index (χ4v) is 2.29. The number of rotatable bonds is 4. The molecule has 1 aromatic carbocycles. The molecule has 1 aliphatic heterocycles. The van der Waals surface area contributed by atoms with E-state index in [0.29, 0.717) is 6.42 Å². The standard InChI is InChI=1S/C15H21NO2/c1-11-5-7-13(8-6-11)10-15(17)16-12(2)14-4-3-9-18-14/h5-8,12,14H,3-4,9-10H2,1-2H3,(H,16,17)/t12-,14+/m1/s1. The van der Waals surface area contributed by atoms with Gasteiger partial charge < -0.3 is 10.1 Å². The lowest BCUT2D eigenvalue weighted by Crippen LogP contribution is -2.41. The molecule has 1 fully saturated rings. The van der Waals surface area contributed by atoms with Crippen LogP contribution >= 0.6 is 0 Å². The van der Waals surface area contributed by atoms with Crippen LogP contribution in [-0.4, -0.2) is 24.7 Å². The van der Waals surface area contributed by atoms with Crippen LogP contribution in [0.5, 0.6) is 0 Å². The molecule has 0 aromatic heterocycles. The SMILES string of the molecule is Cc1ccc(CC(=O)N[C@H](C)[C@@H]2CCCO2)cc1. The lowest BCUT2D eigenvalue weighted by atomic mass is 10.1. The van der Waals surface area contributed by atoms with Gasteiger partial charge in [0.2, 0.25) is 5.91 Å². The molecule has 18 heavy (non-hydrogen) atoms. The van der Waals surface area contributed by atoms with Crippen molar-refractivity contribution >= 4 is 5.91 Å². The average Bonchev–Trinajstić information content (AvgIpc) is 2.85. The van der Waals surface area contributed by atoms with Gasteiger partial charge in [0.25, 0.3) is 0 Å². The van der Waals surface area contributed by atoms with Crippen LogP contribution in [0.1, 0.15) is 30.9 Å². The molecule has 1 N–H and O–H groups in total. The zero-order chi connectivity index (χ0) is 13.0. The fourth-order valence-electron chi connectivity index (χ4n) is 2.29. The minimum atomic E-state index is 0.0712. The molecule has 3 heteroatoms. The maximum Gasteiger partial charge on any atom is 0.224 e. The van der Waals surface area contributed by atoms with Crippen LogP contribution in [0.15, 0.2) is 24.3 Å². The van der Waals surface area contributed by atoms with Crippen molar-refractivity contribution in [3.05, 3.63) is 35.4 Å². The Morgan fingerprint density at radius 2 is 2.17 bits per heavy atom. The Morgan fingerprint density at radius 1 is 1.44 bits per heavy atom. The first-order chi connectivity index (χ1) is 8.65. The molecule has 2 rings (SSSR count). The number of benzene rings is 1.